The molecular formula is C10H15NOS. The van der Waals surface area contributed by atoms with Gasteiger partial charge in [0.2, 0.25) is 0 Å². The molecule has 1 aromatic heterocycles. The number of methoxy groups -OCH3 is 1. The van der Waals surface area contributed by atoms with Crippen LogP contribution in [0.5, 0.6) is 0 Å². The van der Waals surface area contributed by atoms with Crippen LogP contribution in [-0.4, -0.2) is 20.2 Å². The van der Waals surface area contributed by atoms with Crippen molar-refractivity contribution in [2.24, 2.45) is 0 Å². The van der Waals surface area contributed by atoms with Gasteiger partial charge in [-0.25, -0.2) is 0 Å². The SMILES string of the molecule is COC1(c2cccs2)CCNCC1. The first kappa shape index (κ1) is 9.19. The van der Waals surface area contributed by atoms with Crippen molar-refractivity contribution < 1.29 is 4.74 Å². The fraction of sp³-hybridized carbons (Fsp3) is 0.600. The predicted molar refractivity (Wildman–Crippen MR) is 55.1 cm³/mol. The van der Waals surface area contributed by atoms with Gasteiger partial charge in [-0.05, 0) is 37.4 Å². The third kappa shape index (κ3) is 1.64. The number of piperidine rings is 1. The van der Waals surface area contributed by atoms with Crippen LogP contribution in [0.25, 0.3) is 0 Å². The summed E-state index contributed by atoms with van der Waals surface area (Å²) in [5.74, 6) is 0. The molecule has 0 amide bonds. The first-order chi connectivity index (χ1) is 6.37. The van der Waals surface area contributed by atoms with E-state index >= 15 is 0 Å². The van der Waals surface area contributed by atoms with Crippen molar-refractivity contribution >= 4 is 11.3 Å². The Bertz CT molecular complexity index is 252. The van der Waals surface area contributed by atoms with Gasteiger partial charge in [0.25, 0.3) is 0 Å². The number of hydrogen-bond acceptors (Lipinski definition) is 3. The lowest BCUT2D eigenvalue weighted by atomic mass is 9.90. The summed E-state index contributed by atoms with van der Waals surface area (Å²) in [5.41, 5.74) is -0.000579. The topological polar surface area (TPSA) is 21.3 Å². The van der Waals surface area contributed by atoms with Gasteiger partial charge in [0.05, 0.1) is 0 Å². The third-order valence-corrected chi connectivity index (χ3v) is 3.83. The number of ether oxygens (including phenoxy) is 1. The molecule has 0 aromatic carbocycles. The Morgan fingerprint density at radius 2 is 2.23 bits per heavy atom. The molecule has 0 radical (unpaired) electrons. The largest absolute Gasteiger partial charge is 0.373 e. The molecule has 1 N–H and O–H groups in total. The zero-order valence-electron chi connectivity index (χ0n) is 7.88. The monoisotopic (exact) mass is 197 g/mol. The zero-order valence-corrected chi connectivity index (χ0v) is 8.69. The minimum Gasteiger partial charge on any atom is -0.373 e. The normalized spacial score (nSPS) is 21.6. The van der Waals surface area contributed by atoms with Crippen LogP contribution >= 0.6 is 11.3 Å². The first-order valence-corrected chi connectivity index (χ1v) is 5.55. The van der Waals surface area contributed by atoms with Gasteiger partial charge in [-0.3, -0.25) is 0 Å². The molecule has 72 valence electrons. The Labute approximate surface area is 82.9 Å². The van der Waals surface area contributed by atoms with Gasteiger partial charge in [0.1, 0.15) is 5.60 Å². The Hall–Kier alpha value is -0.380. The molecule has 0 spiro atoms. The molecule has 0 unspecified atom stereocenters. The van der Waals surface area contributed by atoms with Gasteiger partial charge in [-0.15, -0.1) is 11.3 Å². The number of rotatable bonds is 2. The summed E-state index contributed by atoms with van der Waals surface area (Å²) in [6.45, 7) is 2.12. The minimum atomic E-state index is -0.000579. The van der Waals surface area contributed by atoms with E-state index in [1.54, 1.807) is 11.3 Å². The van der Waals surface area contributed by atoms with Crippen molar-refractivity contribution in [2.45, 2.75) is 18.4 Å². The van der Waals surface area contributed by atoms with E-state index in [4.69, 9.17) is 4.74 Å². The quantitative estimate of drug-likeness (QED) is 0.782. The molecule has 2 nitrogen and oxygen atoms in total. The summed E-state index contributed by atoms with van der Waals surface area (Å²) in [4.78, 5) is 1.37. The van der Waals surface area contributed by atoms with E-state index in [9.17, 15) is 0 Å². The summed E-state index contributed by atoms with van der Waals surface area (Å²) in [5, 5.41) is 5.48. The highest BCUT2D eigenvalue weighted by atomic mass is 32.1. The summed E-state index contributed by atoms with van der Waals surface area (Å²) >= 11 is 1.80. The molecule has 1 fully saturated rings. The Morgan fingerprint density at radius 3 is 2.77 bits per heavy atom. The van der Waals surface area contributed by atoms with Gasteiger partial charge >= 0.3 is 0 Å². The van der Waals surface area contributed by atoms with Gasteiger partial charge in [0, 0.05) is 12.0 Å². The lowest BCUT2D eigenvalue weighted by Gasteiger charge is -2.35. The highest BCUT2D eigenvalue weighted by Gasteiger charge is 2.34. The number of thiophene rings is 1. The predicted octanol–water partition coefficient (Wildman–Crippen LogP) is 1.97. The van der Waals surface area contributed by atoms with E-state index in [1.165, 1.54) is 4.88 Å². The van der Waals surface area contributed by atoms with E-state index in [2.05, 4.69) is 22.8 Å². The van der Waals surface area contributed by atoms with E-state index in [-0.39, 0.29) is 5.60 Å². The molecule has 1 aliphatic rings. The average Bonchev–Trinajstić information content (AvgIpc) is 2.72. The van der Waals surface area contributed by atoms with Crippen LogP contribution in [-0.2, 0) is 10.3 Å². The Morgan fingerprint density at radius 1 is 1.46 bits per heavy atom. The number of hydrogen-bond donors (Lipinski definition) is 1. The third-order valence-electron chi connectivity index (χ3n) is 2.77. The van der Waals surface area contributed by atoms with Gasteiger partial charge < -0.3 is 10.1 Å². The zero-order chi connectivity index (χ0) is 9.15. The smallest absolute Gasteiger partial charge is 0.104 e. The van der Waals surface area contributed by atoms with Crippen molar-refractivity contribution in [1.29, 1.82) is 0 Å². The molecule has 0 aliphatic carbocycles. The molecular weight excluding hydrogens is 182 g/mol. The summed E-state index contributed by atoms with van der Waals surface area (Å²) in [6.07, 6.45) is 2.17. The highest BCUT2D eigenvalue weighted by Crippen LogP contribution is 2.36. The fourth-order valence-corrected chi connectivity index (χ4v) is 2.88. The summed E-state index contributed by atoms with van der Waals surface area (Å²) in [7, 11) is 1.82. The number of nitrogens with one attached hydrogen (secondary N) is 1. The molecule has 3 heteroatoms. The molecule has 2 heterocycles. The lowest BCUT2D eigenvalue weighted by molar-refractivity contribution is -0.0361. The van der Waals surface area contributed by atoms with Gasteiger partial charge in [0.15, 0.2) is 0 Å². The van der Waals surface area contributed by atoms with E-state index in [0.29, 0.717) is 0 Å². The summed E-state index contributed by atoms with van der Waals surface area (Å²) < 4.78 is 5.69. The van der Waals surface area contributed by atoms with Crippen molar-refractivity contribution in [1.82, 2.24) is 5.32 Å². The summed E-state index contributed by atoms with van der Waals surface area (Å²) in [6, 6.07) is 4.28. The Kier molecular flexibility index (Phi) is 2.67. The lowest BCUT2D eigenvalue weighted by Crippen LogP contribution is -2.40. The van der Waals surface area contributed by atoms with Gasteiger partial charge in [-0.2, -0.15) is 0 Å². The second-order valence-electron chi connectivity index (χ2n) is 3.43. The van der Waals surface area contributed by atoms with Crippen LogP contribution < -0.4 is 5.32 Å². The molecule has 1 saturated heterocycles. The van der Waals surface area contributed by atoms with E-state index in [0.717, 1.165) is 25.9 Å². The molecule has 0 atom stereocenters. The molecule has 2 rings (SSSR count). The second kappa shape index (κ2) is 3.78. The van der Waals surface area contributed by atoms with Crippen molar-refractivity contribution in [3.05, 3.63) is 22.4 Å². The van der Waals surface area contributed by atoms with Crippen LogP contribution in [0.15, 0.2) is 17.5 Å². The molecule has 0 saturated carbocycles. The average molecular weight is 197 g/mol. The second-order valence-corrected chi connectivity index (χ2v) is 4.37. The standard InChI is InChI=1S/C10H15NOS/c1-12-10(4-6-11-7-5-10)9-3-2-8-13-9/h2-3,8,11H,4-7H2,1H3. The first-order valence-electron chi connectivity index (χ1n) is 4.67. The van der Waals surface area contributed by atoms with Crippen LogP contribution in [0.3, 0.4) is 0 Å². The van der Waals surface area contributed by atoms with E-state index < -0.39 is 0 Å². The fourth-order valence-electron chi connectivity index (χ4n) is 1.92. The van der Waals surface area contributed by atoms with E-state index in [1.807, 2.05) is 7.11 Å². The minimum absolute atomic E-state index is 0.000579. The molecule has 13 heavy (non-hydrogen) atoms. The van der Waals surface area contributed by atoms with Crippen LogP contribution in [0.1, 0.15) is 17.7 Å². The molecule has 1 aliphatic heterocycles. The van der Waals surface area contributed by atoms with Crippen molar-refractivity contribution in [3.63, 3.8) is 0 Å². The maximum absolute atomic E-state index is 5.69. The van der Waals surface area contributed by atoms with Gasteiger partial charge in [-0.1, -0.05) is 6.07 Å². The van der Waals surface area contributed by atoms with Crippen molar-refractivity contribution in [3.8, 4) is 0 Å². The maximum Gasteiger partial charge on any atom is 0.104 e. The van der Waals surface area contributed by atoms with Crippen LogP contribution in [0.2, 0.25) is 0 Å². The maximum atomic E-state index is 5.69. The Balaban J connectivity index is 2.23. The van der Waals surface area contributed by atoms with Crippen LogP contribution in [0, 0.1) is 0 Å². The molecule has 1 aromatic rings. The van der Waals surface area contributed by atoms with Crippen molar-refractivity contribution in [2.75, 3.05) is 20.2 Å². The van der Waals surface area contributed by atoms with Crippen LogP contribution in [0.4, 0.5) is 0 Å². The highest BCUT2D eigenvalue weighted by molar-refractivity contribution is 7.10. The molecule has 0 bridgehead atoms.